The summed E-state index contributed by atoms with van der Waals surface area (Å²) in [5.41, 5.74) is -0.493. The van der Waals surface area contributed by atoms with Gasteiger partial charge in [-0.3, -0.25) is 29.5 Å². The van der Waals surface area contributed by atoms with Crippen LogP contribution in [0.1, 0.15) is 6.92 Å². The second-order valence-electron chi connectivity index (χ2n) is 4.04. The summed E-state index contributed by atoms with van der Waals surface area (Å²) in [7, 11) is 0. The Hall–Kier alpha value is -2.82. The maximum atomic E-state index is 11.9. The van der Waals surface area contributed by atoms with Crippen LogP contribution in [0, 0.1) is 23.2 Å². The highest BCUT2D eigenvalue weighted by molar-refractivity contribution is 6.39. The van der Waals surface area contributed by atoms with E-state index in [1.807, 2.05) is 5.32 Å². The van der Waals surface area contributed by atoms with Crippen molar-refractivity contribution in [1.29, 1.82) is 5.26 Å². The zero-order chi connectivity index (χ0) is 14.9. The molecule has 0 saturated carbocycles. The molecule has 2 heterocycles. The molecule has 0 radical (unpaired) electrons. The summed E-state index contributed by atoms with van der Waals surface area (Å²) in [6, 6.07) is 1.61. The fourth-order valence-electron chi connectivity index (χ4n) is 2.00. The van der Waals surface area contributed by atoms with E-state index in [1.54, 1.807) is 13.0 Å². The maximum Gasteiger partial charge on any atom is 0.324 e. The van der Waals surface area contributed by atoms with Crippen molar-refractivity contribution >= 4 is 29.3 Å². The third-order valence-corrected chi connectivity index (χ3v) is 2.88. The zero-order valence-corrected chi connectivity index (χ0v) is 10.4. The minimum absolute atomic E-state index is 0.0434. The van der Waals surface area contributed by atoms with Gasteiger partial charge in [0.2, 0.25) is 11.8 Å². The lowest BCUT2D eigenvalue weighted by Crippen LogP contribution is -2.58. The number of hydrogen-bond acceptors (Lipinski definition) is 7. The highest BCUT2D eigenvalue weighted by atomic mass is 16.5. The number of nitriles is 1. The number of carbonyl (C=O) groups excluding carboxylic acids is 4. The maximum absolute atomic E-state index is 11.9. The first-order chi connectivity index (χ1) is 9.51. The lowest BCUT2D eigenvalue weighted by atomic mass is 9.80. The van der Waals surface area contributed by atoms with Gasteiger partial charge in [0.15, 0.2) is 11.7 Å². The Morgan fingerprint density at radius 1 is 1.45 bits per heavy atom. The number of piperidine rings is 1. The van der Waals surface area contributed by atoms with Crippen LogP contribution in [0.3, 0.4) is 0 Å². The van der Waals surface area contributed by atoms with Crippen LogP contribution < -0.4 is 5.32 Å². The molecule has 0 aliphatic carbocycles. The van der Waals surface area contributed by atoms with E-state index < -0.39 is 35.4 Å². The van der Waals surface area contributed by atoms with Gasteiger partial charge in [-0.25, -0.2) is 0 Å². The fourth-order valence-corrected chi connectivity index (χ4v) is 2.00. The van der Waals surface area contributed by atoms with Crippen molar-refractivity contribution in [1.82, 2.24) is 5.32 Å². The number of nitrogens with zero attached hydrogens (tertiary/aromatic N) is 2. The highest BCUT2D eigenvalue weighted by Crippen LogP contribution is 2.24. The molecule has 0 aromatic carbocycles. The first-order valence-electron chi connectivity index (χ1n) is 5.74. The number of aliphatic imine (C=N–C) groups is 1. The smallest absolute Gasteiger partial charge is 0.324 e. The van der Waals surface area contributed by atoms with Crippen molar-refractivity contribution < 1.29 is 23.9 Å². The largest absolute Gasteiger partial charge is 0.465 e. The molecule has 102 valence electrons. The van der Waals surface area contributed by atoms with E-state index in [0.29, 0.717) is 0 Å². The van der Waals surface area contributed by atoms with Gasteiger partial charge in [0.05, 0.1) is 12.3 Å². The summed E-state index contributed by atoms with van der Waals surface area (Å²) >= 11 is 0. The van der Waals surface area contributed by atoms with Gasteiger partial charge in [0.1, 0.15) is 17.6 Å². The molecule has 2 atom stereocenters. The average Bonchev–Trinajstić information content (AvgIpc) is 2.38. The van der Waals surface area contributed by atoms with E-state index in [2.05, 4.69) is 4.99 Å². The van der Waals surface area contributed by atoms with E-state index in [9.17, 15) is 19.2 Å². The van der Waals surface area contributed by atoms with Crippen molar-refractivity contribution in [2.45, 2.75) is 6.92 Å². The number of ketones is 1. The number of esters is 1. The molecule has 2 aliphatic heterocycles. The summed E-state index contributed by atoms with van der Waals surface area (Å²) in [5, 5.41) is 10.7. The molecular weight excluding hydrogens is 266 g/mol. The summed E-state index contributed by atoms with van der Waals surface area (Å²) < 4.78 is 4.74. The highest BCUT2D eigenvalue weighted by Gasteiger charge is 2.50. The number of hydrogen-bond donors (Lipinski definition) is 1. The standard InChI is InChI=1S/C12H9N3O5/c1-2-20-12(19)7-8-6(10(17)15-11(7)18)9(16)5(3-13)4-14-8/h4,6-7H,2H2,1H3,(H,15,17,18). The molecule has 1 fully saturated rings. The number of nitrogens with one attached hydrogen (secondary N) is 1. The molecule has 2 rings (SSSR count). The van der Waals surface area contributed by atoms with Crippen LogP contribution in [0.2, 0.25) is 0 Å². The van der Waals surface area contributed by atoms with E-state index in [0.717, 1.165) is 6.20 Å². The molecule has 2 aliphatic rings. The number of Topliss-reactive ketones (excluding diaryl/α,β-unsaturated/α-hetero) is 1. The van der Waals surface area contributed by atoms with Crippen LogP contribution in [0.4, 0.5) is 0 Å². The predicted octanol–water partition coefficient (Wildman–Crippen LogP) is -1.13. The Bertz CT molecular complexity index is 625. The average molecular weight is 275 g/mol. The molecule has 2 unspecified atom stereocenters. The monoisotopic (exact) mass is 275 g/mol. The lowest BCUT2D eigenvalue weighted by Gasteiger charge is -2.28. The third-order valence-electron chi connectivity index (χ3n) is 2.88. The van der Waals surface area contributed by atoms with Gasteiger partial charge in [-0.15, -0.1) is 0 Å². The topological polar surface area (TPSA) is 126 Å². The van der Waals surface area contributed by atoms with Crippen molar-refractivity contribution in [2.24, 2.45) is 16.8 Å². The second-order valence-corrected chi connectivity index (χ2v) is 4.04. The van der Waals surface area contributed by atoms with Crippen LogP contribution in [-0.2, 0) is 23.9 Å². The van der Waals surface area contributed by atoms with Gasteiger partial charge in [-0.1, -0.05) is 0 Å². The van der Waals surface area contributed by atoms with E-state index in [-0.39, 0.29) is 17.9 Å². The Balaban J connectivity index is 2.48. The van der Waals surface area contributed by atoms with Gasteiger partial charge in [0.25, 0.3) is 0 Å². The first-order valence-corrected chi connectivity index (χ1v) is 5.74. The normalized spacial score (nSPS) is 24.9. The first kappa shape index (κ1) is 13.6. The number of carbonyl (C=O) groups is 4. The van der Waals surface area contributed by atoms with E-state index in [4.69, 9.17) is 10.00 Å². The van der Waals surface area contributed by atoms with Crippen molar-refractivity contribution in [3.05, 3.63) is 11.8 Å². The number of rotatable bonds is 2. The molecule has 0 aromatic heterocycles. The Morgan fingerprint density at radius 3 is 2.75 bits per heavy atom. The fraction of sp³-hybridized carbons (Fsp3) is 0.333. The predicted molar refractivity (Wildman–Crippen MR) is 62.9 cm³/mol. The zero-order valence-electron chi connectivity index (χ0n) is 10.4. The summed E-state index contributed by atoms with van der Waals surface area (Å²) in [6.07, 6.45) is 0.951. The van der Waals surface area contributed by atoms with E-state index >= 15 is 0 Å². The number of fused-ring (bicyclic) bond motifs is 1. The van der Waals surface area contributed by atoms with Crippen LogP contribution in [-0.4, -0.2) is 35.9 Å². The molecule has 8 nitrogen and oxygen atoms in total. The van der Waals surface area contributed by atoms with Gasteiger partial charge in [-0.05, 0) is 6.92 Å². The SMILES string of the molecule is CCOC(=O)C1C(=O)NC(=O)C2C(=O)C(C#N)=CN=C12. The van der Waals surface area contributed by atoms with Crippen molar-refractivity contribution in [3.63, 3.8) is 0 Å². The molecular formula is C12H9N3O5. The molecule has 0 aromatic rings. The number of ether oxygens (including phenoxy) is 1. The summed E-state index contributed by atoms with van der Waals surface area (Å²) in [6.45, 7) is 1.60. The van der Waals surface area contributed by atoms with Gasteiger partial charge in [0, 0.05) is 6.20 Å². The summed E-state index contributed by atoms with van der Waals surface area (Å²) in [5.74, 6) is -6.32. The minimum Gasteiger partial charge on any atom is -0.465 e. The van der Waals surface area contributed by atoms with Crippen molar-refractivity contribution in [3.8, 4) is 6.07 Å². The summed E-state index contributed by atoms with van der Waals surface area (Å²) in [4.78, 5) is 50.9. The van der Waals surface area contributed by atoms with Crippen LogP contribution in [0.5, 0.6) is 0 Å². The van der Waals surface area contributed by atoms with Gasteiger partial charge in [-0.2, -0.15) is 5.26 Å². The van der Waals surface area contributed by atoms with Crippen LogP contribution in [0.25, 0.3) is 0 Å². The number of allylic oxidation sites excluding steroid dienone is 1. The molecule has 8 heteroatoms. The van der Waals surface area contributed by atoms with Crippen LogP contribution >= 0.6 is 0 Å². The van der Waals surface area contributed by atoms with Gasteiger partial charge >= 0.3 is 5.97 Å². The van der Waals surface area contributed by atoms with Gasteiger partial charge < -0.3 is 4.74 Å². The van der Waals surface area contributed by atoms with Crippen LogP contribution in [0.15, 0.2) is 16.8 Å². The van der Waals surface area contributed by atoms with E-state index in [1.165, 1.54) is 0 Å². The minimum atomic E-state index is -1.45. The molecule has 0 spiro atoms. The third kappa shape index (κ3) is 1.99. The quantitative estimate of drug-likeness (QED) is 0.386. The molecule has 1 saturated heterocycles. The number of imide groups is 1. The molecule has 2 amide bonds. The Labute approximate surface area is 113 Å². The Kier molecular flexibility index (Phi) is 3.43. The second kappa shape index (κ2) is 5.05. The molecule has 1 N–H and O–H groups in total. The molecule has 0 bridgehead atoms. The molecule has 20 heavy (non-hydrogen) atoms. The number of amides is 2. The Morgan fingerprint density at radius 2 is 2.15 bits per heavy atom. The lowest BCUT2D eigenvalue weighted by molar-refractivity contribution is -0.150. The van der Waals surface area contributed by atoms with Crippen molar-refractivity contribution in [2.75, 3.05) is 6.61 Å².